The van der Waals surface area contributed by atoms with E-state index in [2.05, 4.69) is 15.4 Å². The highest BCUT2D eigenvalue weighted by Crippen LogP contribution is 2.31. The summed E-state index contributed by atoms with van der Waals surface area (Å²) in [6.07, 6.45) is 0.0499. The van der Waals surface area contributed by atoms with Crippen molar-refractivity contribution in [2.75, 3.05) is 37.0 Å². The number of methoxy groups -OCH3 is 1. The van der Waals surface area contributed by atoms with Gasteiger partial charge in [0.1, 0.15) is 6.04 Å². The van der Waals surface area contributed by atoms with Crippen molar-refractivity contribution in [3.8, 4) is 0 Å². The Morgan fingerprint density at radius 3 is 2.75 bits per heavy atom. The smallest absolute Gasteiger partial charge is 0.307 e. The van der Waals surface area contributed by atoms with Crippen LogP contribution in [0.1, 0.15) is 19.8 Å². The lowest BCUT2D eigenvalue weighted by Gasteiger charge is -2.36. The molecule has 9 nitrogen and oxygen atoms in total. The van der Waals surface area contributed by atoms with E-state index in [-0.39, 0.29) is 43.1 Å². The van der Waals surface area contributed by atoms with Gasteiger partial charge in [-0.1, -0.05) is 12.1 Å². The second kappa shape index (κ2) is 8.39. The molecule has 1 fully saturated rings. The highest BCUT2D eigenvalue weighted by atomic mass is 16.5. The zero-order chi connectivity index (χ0) is 20.3. The number of carbonyl (C=O) groups is 4. The van der Waals surface area contributed by atoms with Crippen molar-refractivity contribution >= 4 is 35.1 Å². The second-order valence-corrected chi connectivity index (χ2v) is 6.94. The van der Waals surface area contributed by atoms with Gasteiger partial charge in [-0.3, -0.25) is 24.1 Å². The zero-order valence-electron chi connectivity index (χ0n) is 15.9. The molecule has 0 aromatic heterocycles. The normalized spacial score (nSPS) is 22.6. The maximum absolute atomic E-state index is 13.2. The van der Waals surface area contributed by atoms with E-state index in [1.807, 2.05) is 6.92 Å². The summed E-state index contributed by atoms with van der Waals surface area (Å²) in [4.78, 5) is 52.5. The summed E-state index contributed by atoms with van der Waals surface area (Å²) in [7, 11) is 1.26. The van der Waals surface area contributed by atoms with Crippen LogP contribution in [0.15, 0.2) is 24.3 Å². The standard InChI is InChI=1S/C19H24N4O5/c1-12-9-16(24)21-13-5-3-4-6-14(13)23(12)17(25)11-22-8-7-20-19(27)15(22)10-18(26)28-2/h3-6,12,15H,7-11H2,1-2H3,(H,20,27)(H,21,24)/t12-,15-/m1/s1. The SMILES string of the molecule is COC(=O)C[C@@H]1C(=O)NCCN1CC(=O)N1c2ccccc2NC(=O)C[C@H]1C. The van der Waals surface area contributed by atoms with Crippen LogP contribution < -0.4 is 15.5 Å². The molecule has 2 atom stereocenters. The average molecular weight is 388 g/mol. The van der Waals surface area contributed by atoms with Gasteiger partial charge in [-0.15, -0.1) is 0 Å². The molecule has 1 aromatic carbocycles. The van der Waals surface area contributed by atoms with Crippen LogP contribution in [0.4, 0.5) is 11.4 Å². The number of para-hydroxylation sites is 2. The van der Waals surface area contributed by atoms with Gasteiger partial charge in [0.2, 0.25) is 17.7 Å². The second-order valence-electron chi connectivity index (χ2n) is 6.94. The highest BCUT2D eigenvalue weighted by Gasteiger charge is 2.36. The fourth-order valence-corrected chi connectivity index (χ4v) is 3.63. The maximum Gasteiger partial charge on any atom is 0.307 e. The highest BCUT2D eigenvalue weighted by molar-refractivity contribution is 6.05. The van der Waals surface area contributed by atoms with Gasteiger partial charge in [0.15, 0.2) is 0 Å². The van der Waals surface area contributed by atoms with Gasteiger partial charge in [-0.05, 0) is 19.1 Å². The molecule has 2 heterocycles. The number of esters is 1. The molecule has 0 bridgehead atoms. The Kier molecular flexibility index (Phi) is 5.93. The van der Waals surface area contributed by atoms with Crippen molar-refractivity contribution < 1.29 is 23.9 Å². The first kappa shape index (κ1) is 19.8. The van der Waals surface area contributed by atoms with E-state index >= 15 is 0 Å². The van der Waals surface area contributed by atoms with Crippen LogP contribution in [-0.2, 0) is 23.9 Å². The van der Waals surface area contributed by atoms with Crippen LogP contribution in [0.5, 0.6) is 0 Å². The van der Waals surface area contributed by atoms with Gasteiger partial charge >= 0.3 is 5.97 Å². The average Bonchev–Trinajstić information content (AvgIpc) is 2.78. The number of nitrogens with zero attached hydrogens (tertiary/aromatic N) is 2. The number of carbonyl (C=O) groups excluding carboxylic acids is 4. The van der Waals surface area contributed by atoms with Crippen molar-refractivity contribution in [1.29, 1.82) is 0 Å². The van der Waals surface area contributed by atoms with Crippen molar-refractivity contribution in [2.24, 2.45) is 0 Å². The molecule has 150 valence electrons. The number of anilines is 2. The molecule has 1 aromatic rings. The van der Waals surface area contributed by atoms with Gasteiger partial charge in [-0.2, -0.15) is 0 Å². The molecule has 2 aliphatic heterocycles. The molecule has 0 radical (unpaired) electrons. The first-order valence-corrected chi connectivity index (χ1v) is 9.20. The summed E-state index contributed by atoms with van der Waals surface area (Å²) < 4.78 is 4.68. The number of hydrogen-bond donors (Lipinski definition) is 2. The summed E-state index contributed by atoms with van der Waals surface area (Å²) in [6, 6.07) is 6.03. The third-order valence-electron chi connectivity index (χ3n) is 5.00. The van der Waals surface area contributed by atoms with Crippen LogP contribution in [-0.4, -0.2) is 67.4 Å². The Labute approximate surface area is 163 Å². The van der Waals surface area contributed by atoms with E-state index in [9.17, 15) is 19.2 Å². The first-order valence-electron chi connectivity index (χ1n) is 9.20. The topological polar surface area (TPSA) is 108 Å². The Morgan fingerprint density at radius 2 is 2.00 bits per heavy atom. The Morgan fingerprint density at radius 1 is 1.25 bits per heavy atom. The Hall–Kier alpha value is -2.94. The minimum Gasteiger partial charge on any atom is -0.469 e. The number of amides is 3. The van der Waals surface area contributed by atoms with E-state index in [1.54, 1.807) is 34.1 Å². The van der Waals surface area contributed by atoms with E-state index in [0.29, 0.717) is 24.5 Å². The third kappa shape index (κ3) is 4.14. The van der Waals surface area contributed by atoms with Gasteiger partial charge < -0.3 is 20.3 Å². The number of piperazine rings is 1. The number of hydrogen-bond acceptors (Lipinski definition) is 6. The molecule has 0 saturated carbocycles. The molecule has 2 N–H and O–H groups in total. The molecular weight excluding hydrogens is 364 g/mol. The summed E-state index contributed by atoms with van der Waals surface area (Å²) >= 11 is 0. The van der Waals surface area contributed by atoms with Crippen LogP contribution in [0.25, 0.3) is 0 Å². The van der Waals surface area contributed by atoms with Crippen molar-refractivity contribution in [2.45, 2.75) is 31.8 Å². The van der Waals surface area contributed by atoms with E-state index in [4.69, 9.17) is 0 Å². The molecule has 28 heavy (non-hydrogen) atoms. The predicted octanol–water partition coefficient (Wildman–Crippen LogP) is 0.114. The predicted molar refractivity (Wildman–Crippen MR) is 102 cm³/mol. The Balaban J connectivity index is 1.83. The fraction of sp³-hybridized carbons (Fsp3) is 0.474. The maximum atomic E-state index is 13.2. The lowest BCUT2D eigenvalue weighted by molar-refractivity contribution is -0.146. The molecule has 3 rings (SSSR count). The van der Waals surface area contributed by atoms with Crippen LogP contribution in [0.2, 0.25) is 0 Å². The number of fused-ring (bicyclic) bond motifs is 1. The molecule has 1 saturated heterocycles. The van der Waals surface area contributed by atoms with E-state index in [1.165, 1.54) is 7.11 Å². The van der Waals surface area contributed by atoms with Crippen molar-refractivity contribution in [3.05, 3.63) is 24.3 Å². The molecule has 0 unspecified atom stereocenters. The molecule has 0 spiro atoms. The number of rotatable bonds is 4. The van der Waals surface area contributed by atoms with Crippen LogP contribution in [0, 0.1) is 0 Å². The lowest BCUT2D eigenvalue weighted by Crippen LogP contribution is -2.58. The van der Waals surface area contributed by atoms with Gasteiger partial charge in [0.05, 0.1) is 31.5 Å². The van der Waals surface area contributed by atoms with E-state index < -0.39 is 12.0 Å². The minimum absolute atomic E-state index is 0.0397. The number of benzene rings is 1. The lowest BCUT2D eigenvalue weighted by atomic mass is 10.1. The van der Waals surface area contributed by atoms with Gasteiger partial charge in [0, 0.05) is 25.6 Å². The zero-order valence-corrected chi connectivity index (χ0v) is 15.9. The monoisotopic (exact) mass is 388 g/mol. The summed E-state index contributed by atoms with van der Waals surface area (Å²) in [5.41, 5.74) is 1.20. The molecule has 0 aliphatic carbocycles. The summed E-state index contributed by atoms with van der Waals surface area (Å²) in [6.45, 7) is 2.62. The molecule has 9 heteroatoms. The van der Waals surface area contributed by atoms with Crippen molar-refractivity contribution in [3.63, 3.8) is 0 Å². The fourth-order valence-electron chi connectivity index (χ4n) is 3.63. The number of nitrogens with one attached hydrogen (secondary N) is 2. The Bertz CT molecular complexity index is 796. The number of ether oxygens (including phenoxy) is 1. The van der Waals surface area contributed by atoms with Gasteiger partial charge in [-0.25, -0.2) is 0 Å². The van der Waals surface area contributed by atoms with Gasteiger partial charge in [0.25, 0.3) is 0 Å². The van der Waals surface area contributed by atoms with Crippen LogP contribution in [0.3, 0.4) is 0 Å². The van der Waals surface area contributed by atoms with Crippen LogP contribution >= 0.6 is 0 Å². The molecule has 3 amide bonds. The van der Waals surface area contributed by atoms with Crippen molar-refractivity contribution in [1.82, 2.24) is 10.2 Å². The quantitative estimate of drug-likeness (QED) is 0.709. The summed E-state index contributed by atoms with van der Waals surface area (Å²) in [5.74, 6) is -1.20. The first-order chi connectivity index (χ1) is 13.4. The largest absolute Gasteiger partial charge is 0.469 e. The summed E-state index contributed by atoms with van der Waals surface area (Å²) in [5, 5.41) is 5.54. The third-order valence-corrected chi connectivity index (χ3v) is 5.00. The minimum atomic E-state index is -0.762. The molecule has 2 aliphatic rings. The van der Waals surface area contributed by atoms with E-state index in [0.717, 1.165) is 0 Å². The molecular formula is C19H24N4O5.